The average molecular weight is 323 g/mol. The van der Waals surface area contributed by atoms with Crippen LogP contribution < -0.4 is 5.32 Å². The minimum absolute atomic E-state index is 0.0727. The van der Waals surface area contributed by atoms with E-state index in [2.05, 4.69) is 27.3 Å². The van der Waals surface area contributed by atoms with Gasteiger partial charge in [-0.15, -0.1) is 0 Å². The van der Waals surface area contributed by atoms with Crippen molar-refractivity contribution in [2.75, 3.05) is 39.3 Å². The molecule has 3 heterocycles. The third kappa shape index (κ3) is 3.54. The molecular weight excluding hydrogens is 298 g/mol. The van der Waals surface area contributed by atoms with Gasteiger partial charge in [0.1, 0.15) is 6.04 Å². The van der Waals surface area contributed by atoms with Crippen molar-refractivity contribution in [3.63, 3.8) is 0 Å². The molecule has 2 aliphatic heterocycles. The second-order valence-corrected chi connectivity index (χ2v) is 6.22. The van der Waals surface area contributed by atoms with Gasteiger partial charge in [0.15, 0.2) is 5.82 Å². The highest BCUT2D eigenvalue weighted by Crippen LogP contribution is 2.20. The Hall–Kier alpha value is -1.51. The number of morpholine rings is 1. The molecule has 2 fully saturated rings. The Labute approximate surface area is 136 Å². The van der Waals surface area contributed by atoms with E-state index >= 15 is 0 Å². The molecule has 2 saturated heterocycles. The third-order valence-corrected chi connectivity index (χ3v) is 4.66. The molecule has 3 rings (SSSR count). The summed E-state index contributed by atoms with van der Waals surface area (Å²) in [6.07, 6.45) is -0.0745. The van der Waals surface area contributed by atoms with E-state index < -0.39 is 0 Å². The molecule has 23 heavy (non-hydrogen) atoms. The highest BCUT2D eigenvalue weighted by molar-refractivity contribution is 5.82. The molecular formula is C15H25N5O3. The quantitative estimate of drug-likeness (QED) is 0.835. The zero-order valence-electron chi connectivity index (χ0n) is 14.0. The van der Waals surface area contributed by atoms with Gasteiger partial charge in [-0.3, -0.25) is 9.69 Å². The first-order chi connectivity index (χ1) is 11.1. The lowest BCUT2D eigenvalue weighted by Crippen LogP contribution is -2.59. The molecule has 0 spiro atoms. The fourth-order valence-corrected chi connectivity index (χ4v) is 3.17. The van der Waals surface area contributed by atoms with Crippen LogP contribution in [0, 0.1) is 6.92 Å². The molecule has 1 amide bonds. The van der Waals surface area contributed by atoms with Gasteiger partial charge in [0.25, 0.3) is 0 Å². The topological polar surface area (TPSA) is 83.7 Å². The van der Waals surface area contributed by atoms with Crippen LogP contribution in [0.3, 0.4) is 0 Å². The molecule has 8 nitrogen and oxygen atoms in total. The van der Waals surface area contributed by atoms with Crippen molar-refractivity contribution in [1.29, 1.82) is 0 Å². The van der Waals surface area contributed by atoms with Gasteiger partial charge in [-0.05, 0) is 20.8 Å². The van der Waals surface area contributed by atoms with E-state index in [1.807, 2.05) is 18.7 Å². The number of amides is 1. The number of ether oxygens (including phenoxy) is 1. The Morgan fingerprint density at radius 3 is 2.70 bits per heavy atom. The summed E-state index contributed by atoms with van der Waals surface area (Å²) in [4.78, 5) is 21.1. The van der Waals surface area contributed by atoms with Crippen molar-refractivity contribution in [2.24, 2.45) is 0 Å². The van der Waals surface area contributed by atoms with E-state index in [9.17, 15) is 4.79 Å². The van der Waals surface area contributed by atoms with E-state index in [4.69, 9.17) is 9.26 Å². The Balaban J connectivity index is 1.54. The molecule has 0 aliphatic carbocycles. The van der Waals surface area contributed by atoms with Gasteiger partial charge in [-0.2, -0.15) is 4.98 Å². The molecule has 2 aliphatic rings. The number of nitrogens with zero attached hydrogens (tertiary/aromatic N) is 4. The standard InChI is InChI=1S/C15H25N5O3/c1-10(14-17-12(3)18-23-14)19-5-7-20(8-6-19)15(21)13-11(2)22-9-4-16-13/h10-11,13,16H,4-9H2,1-3H3/t10?,11-,13+/m1/s1. The van der Waals surface area contributed by atoms with Crippen LogP contribution in [0.2, 0.25) is 0 Å². The maximum absolute atomic E-state index is 12.6. The van der Waals surface area contributed by atoms with E-state index in [0.717, 1.165) is 19.6 Å². The van der Waals surface area contributed by atoms with E-state index in [1.54, 1.807) is 0 Å². The van der Waals surface area contributed by atoms with Crippen molar-refractivity contribution in [3.8, 4) is 0 Å². The number of rotatable bonds is 3. The van der Waals surface area contributed by atoms with Crippen LogP contribution in [0.15, 0.2) is 4.52 Å². The molecule has 1 unspecified atom stereocenters. The first kappa shape index (κ1) is 16.4. The van der Waals surface area contributed by atoms with Crippen molar-refractivity contribution in [2.45, 2.75) is 39.0 Å². The molecule has 0 aromatic carbocycles. The second-order valence-electron chi connectivity index (χ2n) is 6.22. The van der Waals surface area contributed by atoms with Gasteiger partial charge in [0.05, 0.1) is 18.8 Å². The molecule has 3 atom stereocenters. The normalized spacial score (nSPS) is 27.9. The first-order valence-corrected chi connectivity index (χ1v) is 8.24. The minimum atomic E-state index is -0.230. The molecule has 0 radical (unpaired) electrons. The van der Waals surface area contributed by atoms with Crippen LogP contribution in [0.4, 0.5) is 0 Å². The summed E-state index contributed by atoms with van der Waals surface area (Å²) < 4.78 is 10.8. The predicted octanol–water partition coefficient (Wildman–Crippen LogP) is -0.0399. The Morgan fingerprint density at radius 1 is 1.35 bits per heavy atom. The number of piperazine rings is 1. The van der Waals surface area contributed by atoms with Crippen LogP contribution in [0.5, 0.6) is 0 Å². The molecule has 128 valence electrons. The average Bonchev–Trinajstić information content (AvgIpc) is 3.01. The minimum Gasteiger partial charge on any atom is -0.375 e. The molecule has 8 heteroatoms. The summed E-state index contributed by atoms with van der Waals surface area (Å²) >= 11 is 0. The maximum atomic E-state index is 12.6. The smallest absolute Gasteiger partial charge is 0.243 e. The zero-order valence-corrected chi connectivity index (χ0v) is 14.0. The summed E-state index contributed by atoms with van der Waals surface area (Å²) in [5.74, 6) is 1.43. The number of carbonyl (C=O) groups is 1. The summed E-state index contributed by atoms with van der Waals surface area (Å²) in [5.41, 5.74) is 0. The van der Waals surface area contributed by atoms with Crippen LogP contribution in [-0.4, -0.2) is 77.3 Å². The zero-order chi connectivity index (χ0) is 16.4. The third-order valence-electron chi connectivity index (χ3n) is 4.66. The van der Waals surface area contributed by atoms with Crippen LogP contribution in [-0.2, 0) is 9.53 Å². The van der Waals surface area contributed by atoms with Gasteiger partial charge in [0, 0.05) is 32.7 Å². The fourth-order valence-electron chi connectivity index (χ4n) is 3.17. The second kappa shape index (κ2) is 6.94. The van der Waals surface area contributed by atoms with E-state index in [-0.39, 0.29) is 24.1 Å². The van der Waals surface area contributed by atoms with E-state index in [1.165, 1.54) is 0 Å². The number of nitrogens with one attached hydrogen (secondary N) is 1. The van der Waals surface area contributed by atoms with Crippen molar-refractivity contribution in [1.82, 2.24) is 25.3 Å². The summed E-state index contributed by atoms with van der Waals surface area (Å²) in [5, 5.41) is 7.11. The van der Waals surface area contributed by atoms with Gasteiger partial charge in [0.2, 0.25) is 11.8 Å². The maximum Gasteiger partial charge on any atom is 0.243 e. The lowest BCUT2D eigenvalue weighted by Gasteiger charge is -2.40. The lowest BCUT2D eigenvalue weighted by molar-refractivity contribution is -0.141. The van der Waals surface area contributed by atoms with E-state index in [0.29, 0.717) is 31.4 Å². The van der Waals surface area contributed by atoms with Crippen molar-refractivity contribution < 1.29 is 14.1 Å². The van der Waals surface area contributed by atoms with Crippen LogP contribution >= 0.6 is 0 Å². The van der Waals surface area contributed by atoms with Crippen molar-refractivity contribution in [3.05, 3.63) is 11.7 Å². The van der Waals surface area contributed by atoms with Gasteiger partial charge >= 0.3 is 0 Å². The molecule has 1 aromatic rings. The number of aromatic nitrogens is 2. The molecule has 1 aromatic heterocycles. The fraction of sp³-hybridized carbons (Fsp3) is 0.800. The summed E-state index contributed by atoms with van der Waals surface area (Å²) in [6, 6.07) is -0.158. The van der Waals surface area contributed by atoms with Crippen LogP contribution in [0.1, 0.15) is 31.6 Å². The SMILES string of the molecule is Cc1noc(C(C)N2CCN(C(=O)[C@H]3NCCO[C@@H]3C)CC2)n1. The highest BCUT2D eigenvalue weighted by atomic mass is 16.5. The van der Waals surface area contributed by atoms with Gasteiger partial charge in [-0.1, -0.05) is 5.16 Å². The monoisotopic (exact) mass is 323 g/mol. The molecule has 0 bridgehead atoms. The first-order valence-electron chi connectivity index (χ1n) is 8.24. The number of carbonyl (C=O) groups excluding carboxylic acids is 1. The number of aryl methyl sites for hydroxylation is 1. The van der Waals surface area contributed by atoms with Crippen LogP contribution in [0.25, 0.3) is 0 Å². The Kier molecular flexibility index (Phi) is 4.93. The summed E-state index contributed by atoms with van der Waals surface area (Å²) in [7, 11) is 0. The number of hydrogen-bond donors (Lipinski definition) is 1. The summed E-state index contributed by atoms with van der Waals surface area (Å²) in [6.45, 7) is 10.2. The molecule has 1 N–H and O–H groups in total. The lowest BCUT2D eigenvalue weighted by atomic mass is 10.1. The Morgan fingerprint density at radius 2 is 2.09 bits per heavy atom. The molecule has 0 saturated carbocycles. The van der Waals surface area contributed by atoms with Gasteiger partial charge < -0.3 is 19.5 Å². The van der Waals surface area contributed by atoms with Gasteiger partial charge in [-0.25, -0.2) is 0 Å². The van der Waals surface area contributed by atoms with Crippen molar-refractivity contribution >= 4 is 5.91 Å². The highest BCUT2D eigenvalue weighted by Gasteiger charge is 2.34. The largest absolute Gasteiger partial charge is 0.375 e. The predicted molar refractivity (Wildman–Crippen MR) is 82.8 cm³/mol. The number of hydrogen-bond acceptors (Lipinski definition) is 7. The Bertz CT molecular complexity index is 541.